The minimum absolute atomic E-state index is 0.367. The average Bonchev–Trinajstić information content (AvgIpc) is 3.46. The van der Waals surface area contributed by atoms with Crippen LogP contribution in [0.5, 0.6) is 23.0 Å². The number of hydrogen-bond acceptors (Lipinski definition) is 8. The van der Waals surface area contributed by atoms with Gasteiger partial charge in [-0.2, -0.15) is 0 Å². The van der Waals surface area contributed by atoms with Gasteiger partial charge in [-0.05, 0) is 47.5 Å². The van der Waals surface area contributed by atoms with Gasteiger partial charge in [0.05, 0.1) is 61.4 Å². The smallest absolute Gasteiger partial charge is 0.344 e. The van der Waals surface area contributed by atoms with E-state index in [1.807, 2.05) is 66.7 Å². The number of aromatic nitrogens is 1. The SMILES string of the molecule is COc1cc(OC)c2cc(-c3ccc4c5ccc(-c6cc7c(OC)cc(OC)cc7oc6=O)cc5n(-c5ccccc5)c4c3)c(=O)oc2c1. The predicted molar refractivity (Wildman–Crippen MR) is 190 cm³/mol. The zero-order valence-electron chi connectivity index (χ0n) is 27.0. The molecule has 8 rings (SSSR count). The Hall–Kier alpha value is -6.48. The van der Waals surface area contributed by atoms with Gasteiger partial charge in [-0.15, -0.1) is 0 Å². The van der Waals surface area contributed by atoms with Crippen LogP contribution >= 0.6 is 0 Å². The number of fused-ring (bicyclic) bond motifs is 5. The second-order valence-corrected chi connectivity index (χ2v) is 11.5. The van der Waals surface area contributed by atoms with Crippen LogP contribution in [0, 0.1) is 0 Å². The molecule has 0 N–H and O–H groups in total. The summed E-state index contributed by atoms with van der Waals surface area (Å²) in [6.07, 6.45) is 0. The molecule has 0 saturated carbocycles. The van der Waals surface area contributed by atoms with Crippen LogP contribution < -0.4 is 30.2 Å². The van der Waals surface area contributed by atoms with E-state index in [9.17, 15) is 9.59 Å². The van der Waals surface area contributed by atoms with Crippen molar-refractivity contribution in [2.75, 3.05) is 28.4 Å². The van der Waals surface area contributed by atoms with Gasteiger partial charge in [0.15, 0.2) is 0 Å². The molecule has 0 aliphatic carbocycles. The Morgan fingerprint density at radius 1 is 0.490 bits per heavy atom. The van der Waals surface area contributed by atoms with Crippen LogP contribution in [0.4, 0.5) is 0 Å². The lowest BCUT2D eigenvalue weighted by Gasteiger charge is -2.11. The highest BCUT2D eigenvalue weighted by Crippen LogP contribution is 2.39. The van der Waals surface area contributed by atoms with Gasteiger partial charge >= 0.3 is 11.3 Å². The van der Waals surface area contributed by atoms with Crippen molar-refractivity contribution >= 4 is 43.7 Å². The van der Waals surface area contributed by atoms with Crippen LogP contribution in [0.2, 0.25) is 0 Å². The van der Waals surface area contributed by atoms with E-state index >= 15 is 0 Å². The summed E-state index contributed by atoms with van der Waals surface area (Å²) in [5, 5.41) is 3.24. The maximum atomic E-state index is 13.4. The number of hydrogen-bond donors (Lipinski definition) is 0. The Morgan fingerprint density at radius 2 is 0.959 bits per heavy atom. The Morgan fingerprint density at radius 3 is 1.39 bits per heavy atom. The Balaban J connectivity index is 1.36. The van der Waals surface area contributed by atoms with E-state index in [0.717, 1.165) is 27.5 Å². The van der Waals surface area contributed by atoms with Crippen LogP contribution in [-0.2, 0) is 0 Å². The fraction of sp³-hybridized carbons (Fsp3) is 0.100. The van der Waals surface area contributed by atoms with Crippen molar-refractivity contribution in [3.63, 3.8) is 0 Å². The highest BCUT2D eigenvalue weighted by molar-refractivity contribution is 6.11. The number of benzene rings is 5. The largest absolute Gasteiger partial charge is 0.496 e. The minimum Gasteiger partial charge on any atom is -0.496 e. The first-order valence-electron chi connectivity index (χ1n) is 15.4. The quantitative estimate of drug-likeness (QED) is 0.159. The van der Waals surface area contributed by atoms with Gasteiger partial charge in [0.1, 0.15) is 34.2 Å². The van der Waals surface area contributed by atoms with Crippen molar-refractivity contribution in [3.8, 4) is 50.9 Å². The Labute approximate surface area is 279 Å². The molecule has 242 valence electrons. The standard InChI is InChI=1S/C40H29NO8/c1-44-25-16-35(46-3)31-20-29(39(42)48-37(31)18-25)22-10-12-27-28-13-11-23(15-34(28)41(33(27)14-22)24-8-6-5-7-9-24)30-21-32-36(47-4)17-26(45-2)19-38(32)49-40(30)43/h5-21H,1-4H3. The molecule has 0 fully saturated rings. The first-order chi connectivity index (χ1) is 23.9. The summed E-state index contributed by atoms with van der Waals surface area (Å²) >= 11 is 0. The van der Waals surface area contributed by atoms with Crippen molar-refractivity contribution < 1.29 is 27.8 Å². The second kappa shape index (κ2) is 11.6. The summed E-state index contributed by atoms with van der Waals surface area (Å²) in [6.45, 7) is 0. The third kappa shape index (κ3) is 4.86. The van der Waals surface area contributed by atoms with Gasteiger partial charge in [0.2, 0.25) is 0 Å². The van der Waals surface area contributed by atoms with Gasteiger partial charge in [-0.3, -0.25) is 0 Å². The van der Waals surface area contributed by atoms with E-state index in [4.69, 9.17) is 27.8 Å². The number of para-hydroxylation sites is 1. The maximum absolute atomic E-state index is 13.4. The molecule has 0 radical (unpaired) electrons. The average molecular weight is 652 g/mol. The van der Waals surface area contributed by atoms with Gasteiger partial charge in [-0.1, -0.05) is 42.5 Å². The van der Waals surface area contributed by atoms with E-state index in [2.05, 4.69) is 4.57 Å². The molecule has 5 aromatic carbocycles. The van der Waals surface area contributed by atoms with Crippen molar-refractivity contribution in [2.45, 2.75) is 0 Å². The molecule has 0 aliphatic heterocycles. The molecular formula is C40H29NO8. The number of methoxy groups -OCH3 is 4. The predicted octanol–water partition coefficient (Wildman–Crippen LogP) is 8.36. The molecule has 0 atom stereocenters. The van der Waals surface area contributed by atoms with Gasteiger partial charge in [0, 0.05) is 40.7 Å². The first kappa shape index (κ1) is 29.9. The third-order valence-electron chi connectivity index (χ3n) is 8.89. The molecule has 49 heavy (non-hydrogen) atoms. The molecule has 0 amide bonds. The number of ether oxygens (including phenoxy) is 4. The molecule has 9 heteroatoms. The van der Waals surface area contributed by atoms with Crippen molar-refractivity contribution in [1.29, 1.82) is 0 Å². The third-order valence-corrected chi connectivity index (χ3v) is 8.89. The molecule has 3 aromatic heterocycles. The molecular weight excluding hydrogens is 622 g/mol. The van der Waals surface area contributed by atoms with Crippen molar-refractivity contribution in [1.82, 2.24) is 4.57 Å². The normalized spacial score (nSPS) is 11.4. The number of rotatable bonds is 7. The molecule has 0 spiro atoms. The number of nitrogens with zero attached hydrogens (tertiary/aromatic N) is 1. The van der Waals surface area contributed by atoms with Crippen molar-refractivity contribution in [2.24, 2.45) is 0 Å². The van der Waals surface area contributed by atoms with Crippen LogP contribution in [0.3, 0.4) is 0 Å². The van der Waals surface area contributed by atoms with Crippen LogP contribution in [-0.4, -0.2) is 33.0 Å². The Bertz CT molecular complexity index is 2540. The molecule has 0 bridgehead atoms. The minimum atomic E-state index is -0.483. The van der Waals surface area contributed by atoms with Crippen LogP contribution in [0.25, 0.3) is 71.7 Å². The molecule has 0 saturated heterocycles. The first-order valence-corrected chi connectivity index (χ1v) is 15.4. The topological polar surface area (TPSA) is 102 Å². The molecule has 0 aliphatic rings. The van der Waals surface area contributed by atoms with Gasteiger partial charge < -0.3 is 32.3 Å². The fourth-order valence-electron chi connectivity index (χ4n) is 6.51. The van der Waals surface area contributed by atoms with Gasteiger partial charge in [0.25, 0.3) is 0 Å². The van der Waals surface area contributed by atoms with Crippen LogP contribution in [0.1, 0.15) is 0 Å². The lowest BCUT2D eigenvalue weighted by atomic mass is 10.0. The van der Waals surface area contributed by atoms with E-state index in [0.29, 0.717) is 67.2 Å². The summed E-state index contributed by atoms with van der Waals surface area (Å²) in [5.74, 6) is 2.10. The zero-order valence-corrected chi connectivity index (χ0v) is 27.0. The maximum Gasteiger partial charge on any atom is 0.344 e. The zero-order chi connectivity index (χ0) is 33.8. The summed E-state index contributed by atoms with van der Waals surface area (Å²) in [4.78, 5) is 26.8. The molecule has 0 unspecified atom stereocenters. The summed E-state index contributed by atoms with van der Waals surface area (Å²) in [7, 11) is 6.21. The highest BCUT2D eigenvalue weighted by atomic mass is 16.5. The lowest BCUT2D eigenvalue weighted by molar-refractivity contribution is 0.395. The Kier molecular flexibility index (Phi) is 7.10. The summed E-state index contributed by atoms with van der Waals surface area (Å²) < 4.78 is 35.6. The van der Waals surface area contributed by atoms with E-state index < -0.39 is 11.3 Å². The van der Waals surface area contributed by atoms with E-state index in [1.54, 1.807) is 64.8 Å². The monoisotopic (exact) mass is 651 g/mol. The van der Waals surface area contributed by atoms with Crippen molar-refractivity contribution in [3.05, 3.63) is 124 Å². The highest BCUT2D eigenvalue weighted by Gasteiger charge is 2.19. The fourth-order valence-corrected chi connectivity index (χ4v) is 6.51. The van der Waals surface area contributed by atoms with Crippen LogP contribution in [0.15, 0.2) is 122 Å². The molecule has 9 nitrogen and oxygen atoms in total. The summed E-state index contributed by atoms with van der Waals surface area (Å²) in [5.41, 5.74) is 4.57. The van der Waals surface area contributed by atoms with E-state index in [-0.39, 0.29) is 0 Å². The molecule has 8 aromatic rings. The van der Waals surface area contributed by atoms with Gasteiger partial charge in [-0.25, -0.2) is 9.59 Å². The lowest BCUT2D eigenvalue weighted by Crippen LogP contribution is -2.04. The second-order valence-electron chi connectivity index (χ2n) is 11.5. The summed E-state index contributed by atoms with van der Waals surface area (Å²) in [6, 6.07) is 32.2. The molecule has 3 heterocycles. The van der Waals surface area contributed by atoms with E-state index in [1.165, 1.54) is 0 Å².